The van der Waals surface area contributed by atoms with Crippen molar-refractivity contribution in [1.29, 1.82) is 0 Å². The van der Waals surface area contributed by atoms with E-state index in [-0.39, 0.29) is 17.8 Å². The summed E-state index contributed by atoms with van der Waals surface area (Å²) in [5, 5.41) is 2.70. The van der Waals surface area contributed by atoms with Crippen LogP contribution in [0.15, 0.2) is 18.2 Å². The molecule has 0 radical (unpaired) electrons. The van der Waals surface area contributed by atoms with E-state index in [9.17, 15) is 4.79 Å². The van der Waals surface area contributed by atoms with E-state index < -0.39 is 0 Å². The molecule has 0 aliphatic carbocycles. The van der Waals surface area contributed by atoms with E-state index in [4.69, 9.17) is 11.6 Å². The van der Waals surface area contributed by atoms with Crippen LogP contribution in [0.5, 0.6) is 0 Å². The zero-order chi connectivity index (χ0) is 15.6. The molecule has 5 heteroatoms. The van der Waals surface area contributed by atoms with Gasteiger partial charge in [0.05, 0.1) is 16.4 Å². The lowest BCUT2D eigenvalue weighted by atomic mass is 10.2. The fraction of sp³-hybridized carbons (Fsp3) is 0.500. The lowest BCUT2D eigenvalue weighted by molar-refractivity contribution is -0.121. The topological polar surface area (TPSA) is 46.9 Å². The van der Waals surface area contributed by atoms with E-state index in [0.717, 1.165) is 22.4 Å². The van der Waals surface area contributed by atoms with Crippen LogP contribution in [0.25, 0.3) is 11.0 Å². The Morgan fingerprint density at radius 2 is 2.10 bits per heavy atom. The van der Waals surface area contributed by atoms with Gasteiger partial charge in [-0.3, -0.25) is 4.79 Å². The fourth-order valence-corrected chi connectivity index (χ4v) is 2.53. The van der Waals surface area contributed by atoms with Crippen molar-refractivity contribution in [3.05, 3.63) is 29.6 Å². The van der Waals surface area contributed by atoms with Crippen LogP contribution in [0.1, 0.15) is 37.5 Å². The molecule has 1 atom stereocenters. The molecular formula is C16H22ClN3O. The number of imidazole rings is 1. The minimum absolute atomic E-state index is 0.00943. The third-order valence-corrected chi connectivity index (χ3v) is 3.56. The Morgan fingerprint density at radius 3 is 2.71 bits per heavy atom. The van der Waals surface area contributed by atoms with Gasteiger partial charge in [0.15, 0.2) is 0 Å². The van der Waals surface area contributed by atoms with E-state index in [2.05, 4.69) is 24.1 Å². The molecule has 1 amide bonds. The van der Waals surface area contributed by atoms with Crippen molar-refractivity contribution >= 4 is 28.5 Å². The number of aryl methyl sites for hydroxylation is 1. The molecule has 114 valence electrons. The summed E-state index contributed by atoms with van der Waals surface area (Å²) in [6.45, 7) is 8.97. The van der Waals surface area contributed by atoms with Crippen LogP contribution in [0.2, 0.25) is 0 Å². The van der Waals surface area contributed by atoms with Gasteiger partial charge in [0.2, 0.25) is 5.91 Å². The molecule has 2 rings (SSSR count). The fourth-order valence-electron chi connectivity index (χ4n) is 2.36. The van der Waals surface area contributed by atoms with Gasteiger partial charge in [-0.05, 0) is 31.4 Å². The van der Waals surface area contributed by atoms with Gasteiger partial charge in [-0.15, -0.1) is 11.6 Å². The number of hydrogen-bond acceptors (Lipinski definition) is 2. The summed E-state index contributed by atoms with van der Waals surface area (Å²) in [4.78, 5) is 16.7. The monoisotopic (exact) mass is 307 g/mol. The molecule has 0 saturated heterocycles. The molecule has 0 fully saturated rings. The number of rotatable bonds is 5. The number of benzene rings is 1. The lowest BCUT2D eigenvalue weighted by Gasteiger charge is -2.13. The van der Waals surface area contributed by atoms with E-state index in [1.807, 2.05) is 36.6 Å². The maximum absolute atomic E-state index is 12.1. The molecule has 0 saturated carbocycles. The number of halogens is 1. The van der Waals surface area contributed by atoms with Crippen molar-refractivity contribution in [1.82, 2.24) is 14.9 Å². The van der Waals surface area contributed by atoms with Crippen LogP contribution < -0.4 is 5.32 Å². The van der Waals surface area contributed by atoms with E-state index >= 15 is 0 Å². The summed E-state index contributed by atoms with van der Waals surface area (Å²) < 4.78 is 1.93. The summed E-state index contributed by atoms with van der Waals surface area (Å²) in [6, 6.07) is 5.94. The Bertz CT molecular complexity index is 646. The average Bonchev–Trinajstić information content (AvgIpc) is 2.77. The van der Waals surface area contributed by atoms with Crippen molar-refractivity contribution < 1.29 is 4.79 Å². The van der Waals surface area contributed by atoms with Gasteiger partial charge in [0.1, 0.15) is 12.4 Å². The number of fused-ring (bicyclic) bond motifs is 1. The number of amides is 1. The lowest BCUT2D eigenvalue weighted by Crippen LogP contribution is -2.31. The maximum atomic E-state index is 12.1. The Morgan fingerprint density at radius 1 is 1.38 bits per heavy atom. The Balaban J connectivity index is 2.36. The van der Waals surface area contributed by atoms with Gasteiger partial charge < -0.3 is 9.88 Å². The zero-order valence-corrected chi connectivity index (χ0v) is 13.7. The first-order valence-corrected chi connectivity index (χ1v) is 7.70. The highest BCUT2D eigenvalue weighted by atomic mass is 35.5. The summed E-state index contributed by atoms with van der Waals surface area (Å²) in [6.07, 6.45) is 0. The molecule has 1 unspecified atom stereocenters. The number of nitrogens with one attached hydrogen (secondary N) is 1. The van der Waals surface area contributed by atoms with Crippen LogP contribution >= 0.6 is 11.6 Å². The van der Waals surface area contributed by atoms with Gasteiger partial charge >= 0.3 is 0 Å². The van der Waals surface area contributed by atoms with Gasteiger partial charge in [-0.2, -0.15) is 0 Å². The Kier molecular flexibility index (Phi) is 4.88. The van der Waals surface area contributed by atoms with Crippen LogP contribution in [0, 0.1) is 12.8 Å². The highest BCUT2D eigenvalue weighted by molar-refractivity contribution is 6.20. The number of carbonyl (C=O) groups is 1. The maximum Gasteiger partial charge on any atom is 0.240 e. The second-order valence-electron chi connectivity index (χ2n) is 5.81. The molecule has 0 bridgehead atoms. The first-order valence-electron chi connectivity index (χ1n) is 7.26. The van der Waals surface area contributed by atoms with Crippen LogP contribution in [0.4, 0.5) is 0 Å². The minimum atomic E-state index is -0.241. The smallest absolute Gasteiger partial charge is 0.240 e. The van der Waals surface area contributed by atoms with Crippen LogP contribution in [-0.2, 0) is 11.3 Å². The van der Waals surface area contributed by atoms with E-state index in [0.29, 0.717) is 12.5 Å². The number of carbonyl (C=O) groups excluding carboxylic acids is 1. The number of hydrogen-bond donors (Lipinski definition) is 1. The van der Waals surface area contributed by atoms with Crippen molar-refractivity contribution in [2.45, 2.75) is 39.6 Å². The molecule has 0 spiro atoms. The number of aromatic nitrogens is 2. The largest absolute Gasteiger partial charge is 0.354 e. The molecule has 0 aliphatic rings. The number of alkyl halides is 1. The number of nitrogens with zero attached hydrogens (tertiary/aromatic N) is 2. The first kappa shape index (κ1) is 15.8. The van der Waals surface area contributed by atoms with Gasteiger partial charge in [-0.1, -0.05) is 26.0 Å². The highest BCUT2D eigenvalue weighted by Crippen LogP contribution is 2.26. The van der Waals surface area contributed by atoms with Crippen molar-refractivity contribution in [2.75, 3.05) is 6.54 Å². The molecule has 1 aromatic carbocycles. The van der Waals surface area contributed by atoms with Crippen LogP contribution in [-0.4, -0.2) is 22.0 Å². The molecule has 4 nitrogen and oxygen atoms in total. The molecule has 1 heterocycles. The summed E-state index contributed by atoms with van der Waals surface area (Å²) in [7, 11) is 0. The third-order valence-electron chi connectivity index (χ3n) is 3.36. The van der Waals surface area contributed by atoms with E-state index in [1.165, 1.54) is 0 Å². The predicted octanol–water partition coefficient (Wildman–Crippen LogP) is 3.42. The van der Waals surface area contributed by atoms with Crippen molar-refractivity contribution in [3.8, 4) is 0 Å². The highest BCUT2D eigenvalue weighted by Gasteiger charge is 2.18. The van der Waals surface area contributed by atoms with Gasteiger partial charge in [0.25, 0.3) is 0 Å². The minimum Gasteiger partial charge on any atom is -0.354 e. The predicted molar refractivity (Wildman–Crippen MR) is 86.6 cm³/mol. The van der Waals surface area contributed by atoms with E-state index in [1.54, 1.807) is 0 Å². The molecular weight excluding hydrogens is 286 g/mol. The third kappa shape index (κ3) is 3.56. The molecule has 2 aromatic rings. The van der Waals surface area contributed by atoms with Gasteiger partial charge in [0, 0.05) is 6.54 Å². The number of para-hydroxylation sites is 1. The Labute approximate surface area is 130 Å². The zero-order valence-electron chi connectivity index (χ0n) is 13.0. The first-order chi connectivity index (χ1) is 9.90. The second-order valence-corrected chi connectivity index (χ2v) is 6.47. The summed E-state index contributed by atoms with van der Waals surface area (Å²) >= 11 is 6.23. The molecule has 1 N–H and O–H groups in total. The molecule has 0 aliphatic heterocycles. The normalized spacial score (nSPS) is 12.9. The summed E-state index contributed by atoms with van der Waals surface area (Å²) in [5.74, 6) is 1.16. The quantitative estimate of drug-likeness (QED) is 0.860. The molecule has 1 aromatic heterocycles. The van der Waals surface area contributed by atoms with Crippen molar-refractivity contribution in [3.63, 3.8) is 0 Å². The average molecular weight is 308 g/mol. The van der Waals surface area contributed by atoms with Gasteiger partial charge in [-0.25, -0.2) is 4.98 Å². The molecule has 21 heavy (non-hydrogen) atoms. The summed E-state index contributed by atoms with van der Waals surface area (Å²) in [5.41, 5.74) is 2.97. The van der Waals surface area contributed by atoms with Crippen LogP contribution in [0.3, 0.4) is 0 Å². The van der Waals surface area contributed by atoms with Crippen molar-refractivity contribution in [2.24, 2.45) is 5.92 Å². The standard InChI is InChI=1S/C16H22ClN3O/c1-10(2)8-18-14(21)9-20-15-11(3)6-5-7-13(15)19-16(20)12(4)17/h5-7,10,12H,8-9H2,1-4H3,(H,18,21). The second kappa shape index (κ2) is 6.48. The SMILES string of the molecule is Cc1cccc2nc(C(C)Cl)n(CC(=O)NCC(C)C)c12. The Hall–Kier alpha value is -1.55.